The van der Waals surface area contributed by atoms with Crippen LogP contribution in [0.2, 0.25) is 5.02 Å². The Morgan fingerprint density at radius 1 is 1.42 bits per heavy atom. The Hall–Kier alpha value is -1.89. The van der Waals surface area contributed by atoms with E-state index >= 15 is 0 Å². The highest BCUT2D eigenvalue weighted by Gasteiger charge is 2.24. The van der Waals surface area contributed by atoms with Crippen molar-refractivity contribution in [3.8, 4) is 5.69 Å². The summed E-state index contributed by atoms with van der Waals surface area (Å²) in [6.45, 7) is 0. The standard InChI is InChI=1S/C12H12ClN3O3/c13-8-2-1-3-9(4-8)16-6-7(5-15-16)10(17)11(18)12(14)19/h1-6,10-11,17-18H,(H2,14,19). The van der Waals surface area contributed by atoms with E-state index in [0.717, 1.165) is 0 Å². The predicted octanol–water partition coefficient (Wildman–Crippen LogP) is 0.405. The van der Waals surface area contributed by atoms with Crippen LogP contribution in [0.4, 0.5) is 0 Å². The zero-order valence-corrected chi connectivity index (χ0v) is 10.5. The van der Waals surface area contributed by atoms with E-state index in [1.165, 1.54) is 17.1 Å². The van der Waals surface area contributed by atoms with Crippen LogP contribution < -0.4 is 5.73 Å². The van der Waals surface area contributed by atoms with Gasteiger partial charge in [-0.3, -0.25) is 4.79 Å². The number of aromatic nitrogens is 2. The largest absolute Gasteiger partial charge is 0.385 e. The van der Waals surface area contributed by atoms with E-state index in [1.54, 1.807) is 24.3 Å². The zero-order chi connectivity index (χ0) is 14.0. The molecule has 0 aliphatic rings. The van der Waals surface area contributed by atoms with Crippen molar-refractivity contribution in [3.63, 3.8) is 0 Å². The van der Waals surface area contributed by atoms with E-state index in [1.807, 2.05) is 0 Å². The fourth-order valence-corrected chi connectivity index (χ4v) is 1.77. The first-order valence-corrected chi connectivity index (χ1v) is 5.83. The number of carbonyl (C=O) groups excluding carboxylic acids is 1. The topological polar surface area (TPSA) is 101 Å². The summed E-state index contributed by atoms with van der Waals surface area (Å²) in [4.78, 5) is 10.8. The third kappa shape index (κ3) is 2.93. The SMILES string of the molecule is NC(=O)C(O)C(O)c1cnn(-c2cccc(Cl)c2)c1. The lowest BCUT2D eigenvalue weighted by Crippen LogP contribution is -2.33. The van der Waals surface area contributed by atoms with Crippen molar-refractivity contribution in [2.75, 3.05) is 0 Å². The van der Waals surface area contributed by atoms with Gasteiger partial charge in [0, 0.05) is 16.8 Å². The lowest BCUT2D eigenvalue weighted by Gasteiger charge is -2.12. The minimum absolute atomic E-state index is 0.284. The van der Waals surface area contributed by atoms with Gasteiger partial charge in [0.25, 0.3) is 0 Å². The molecule has 0 aliphatic carbocycles. The van der Waals surface area contributed by atoms with Crippen LogP contribution in [0.25, 0.3) is 5.69 Å². The summed E-state index contributed by atoms with van der Waals surface area (Å²) >= 11 is 5.86. The van der Waals surface area contributed by atoms with Crippen molar-refractivity contribution in [2.45, 2.75) is 12.2 Å². The van der Waals surface area contributed by atoms with Crippen LogP contribution in [0.3, 0.4) is 0 Å². The van der Waals surface area contributed by atoms with Gasteiger partial charge in [-0.15, -0.1) is 0 Å². The Bertz CT molecular complexity index is 599. The molecule has 1 heterocycles. The molecule has 2 rings (SSSR count). The molecule has 0 radical (unpaired) electrons. The smallest absolute Gasteiger partial charge is 0.249 e. The van der Waals surface area contributed by atoms with Gasteiger partial charge >= 0.3 is 0 Å². The molecule has 2 unspecified atom stereocenters. The molecule has 0 saturated carbocycles. The summed E-state index contributed by atoms with van der Waals surface area (Å²) in [7, 11) is 0. The Morgan fingerprint density at radius 3 is 2.79 bits per heavy atom. The van der Waals surface area contributed by atoms with Crippen molar-refractivity contribution in [1.29, 1.82) is 0 Å². The summed E-state index contributed by atoms with van der Waals surface area (Å²) in [5, 5.41) is 23.7. The molecule has 2 aromatic rings. The van der Waals surface area contributed by atoms with Gasteiger partial charge in [-0.1, -0.05) is 17.7 Å². The van der Waals surface area contributed by atoms with Crippen LogP contribution >= 0.6 is 11.6 Å². The Morgan fingerprint density at radius 2 is 2.16 bits per heavy atom. The van der Waals surface area contributed by atoms with Crippen LogP contribution in [-0.4, -0.2) is 32.0 Å². The van der Waals surface area contributed by atoms with Gasteiger partial charge in [0.1, 0.15) is 6.10 Å². The molecule has 0 saturated heterocycles. The van der Waals surface area contributed by atoms with Crippen molar-refractivity contribution < 1.29 is 15.0 Å². The van der Waals surface area contributed by atoms with Crippen molar-refractivity contribution in [2.24, 2.45) is 5.73 Å². The molecule has 4 N–H and O–H groups in total. The predicted molar refractivity (Wildman–Crippen MR) is 68.7 cm³/mol. The van der Waals surface area contributed by atoms with E-state index in [9.17, 15) is 15.0 Å². The third-order valence-electron chi connectivity index (χ3n) is 2.61. The second kappa shape index (κ2) is 5.40. The highest BCUT2D eigenvalue weighted by molar-refractivity contribution is 6.30. The number of halogens is 1. The number of primary amides is 1. The van der Waals surface area contributed by atoms with Crippen LogP contribution in [0.15, 0.2) is 36.7 Å². The molecular weight excluding hydrogens is 270 g/mol. The van der Waals surface area contributed by atoms with Gasteiger partial charge < -0.3 is 15.9 Å². The van der Waals surface area contributed by atoms with Gasteiger partial charge in [0.2, 0.25) is 5.91 Å². The Kier molecular flexibility index (Phi) is 3.84. The molecule has 19 heavy (non-hydrogen) atoms. The minimum Gasteiger partial charge on any atom is -0.385 e. The van der Waals surface area contributed by atoms with E-state index < -0.39 is 18.1 Å². The van der Waals surface area contributed by atoms with Crippen molar-refractivity contribution in [3.05, 3.63) is 47.2 Å². The van der Waals surface area contributed by atoms with Gasteiger partial charge in [0.05, 0.1) is 11.9 Å². The number of aliphatic hydroxyl groups is 2. The molecule has 2 atom stereocenters. The Balaban J connectivity index is 2.26. The molecule has 0 spiro atoms. The number of amides is 1. The molecule has 100 valence electrons. The summed E-state index contributed by atoms with van der Waals surface area (Å²) < 4.78 is 1.47. The van der Waals surface area contributed by atoms with E-state index in [0.29, 0.717) is 10.7 Å². The Labute approximate surface area is 114 Å². The van der Waals surface area contributed by atoms with Crippen molar-refractivity contribution >= 4 is 17.5 Å². The number of nitrogens with two attached hydrogens (primary N) is 1. The average Bonchev–Trinajstić information content (AvgIpc) is 2.86. The van der Waals surface area contributed by atoms with Gasteiger partial charge in [-0.2, -0.15) is 5.10 Å². The first-order chi connectivity index (χ1) is 8.99. The lowest BCUT2D eigenvalue weighted by molar-refractivity contribution is -0.131. The monoisotopic (exact) mass is 281 g/mol. The highest BCUT2D eigenvalue weighted by atomic mass is 35.5. The maximum absolute atomic E-state index is 10.8. The van der Waals surface area contributed by atoms with E-state index in [2.05, 4.69) is 5.10 Å². The first-order valence-electron chi connectivity index (χ1n) is 5.45. The van der Waals surface area contributed by atoms with Crippen molar-refractivity contribution in [1.82, 2.24) is 9.78 Å². The quantitative estimate of drug-likeness (QED) is 0.755. The zero-order valence-electron chi connectivity index (χ0n) is 9.77. The fraction of sp³-hybridized carbons (Fsp3) is 0.167. The molecule has 1 amide bonds. The minimum atomic E-state index is -1.67. The molecule has 0 bridgehead atoms. The molecule has 1 aromatic heterocycles. The molecule has 1 aromatic carbocycles. The highest BCUT2D eigenvalue weighted by Crippen LogP contribution is 2.19. The average molecular weight is 282 g/mol. The first kappa shape index (κ1) is 13.5. The van der Waals surface area contributed by atoms with Gasteiger partial charge in [-0.05, 0) is 18.2 Å². The number of rotatable bonds is 4. The molecule has 7 heteroatoms. The number of benzene rings is 1. The molecule has 0 aliphatic heterocycles. The third-order valence-corrected chi connectivity index (χ3v) is 2.84. The summed E-state index contributed by atoms with van der Waals surface area (Å²) in [6.07, 6.45) is -0.248. The maximum atomic E-state index is 10.8. The summed E-state index contributed by atoms with van der Waals surface area (Å²) in [5.74, 6) is -0.997. The number of hydrogen-bond donors (Lipinski definition) is 3. The van der Waals surface area contributed by atoms with Crippen LogP contribution in [0.1, 0.15) is 11.7 Å². The molecule has 6 nitrogen and oxygen atoms in total. The summed E-state index contributed by atoms with van der Waals surface area (Å²) in [5.41, 5.74) is 5.90. The van der Waals surface area contributed by atoms with E-state index in [-0.39, 0.29) is 5.56 Å². The maximum Gasteiger partial charge on any atom is 0.249 e. The number of carbonyl (C=O) groups is 1. The number of aliphatic hydroxyl groups excluding tert-OH is 2. The molecule has 0 fully saturated rings. The van der Waals surface area contributed by atoms with Gasteiger partial charge in [0.15, 0.2) is 6.10 Å². The fourth-order valence-electron chi connectivity index (χ4n) is 1.59. The van der Waals surface area contributed by atoms with E-state index in [4.69, 9.17) is 17.3 Å². The van der Waals surface area contributed by atoms with Crippen LogP contribution in [-0.2, 0) is 4.79 Å². The second-order valence-corrected chi connectivity index (χ2v) is 4.43. The number of nitrogens with zero attached hydrogens (tertiary/aromatic N) is 2. The second-order valence-electron chi connectivity index (χ2n) is 3.99. The summed E-state index contributed by atoms with van der Waals surface area (Å²) in [6, 6.07) is 6.95. The normalized spacial score (nSPS) is 14.1. The number of hydrogen-bond acceptors (Lipinski definition) is 4. The lowest BCUT2D eigenvalue weighted by atomic mass is 10.1. The van der Waals surface area contributed by atoms with Crippen LogP contribution in [0, 0.1) is 0 Å². The van der Waals surface area contributed by atoms with Gasteiger partial charge in [-0.25, -0.2) is 4.68 Å². The molecular formula is C12H12ClN3O3. The van der Waals surface area contributed by atoms with Crippen LogP contribution in [0.5, 0.6) is 0 Å².